The van der Waals surface area contributed by atoms with Crippen LogP contribution >= 0.6 is 11.3 Å². The van der Waals surface area contributed by atoms with Crippen molar-refractivity contribution in [3.8, 4) is 0 Å². The number of nitrogens with zero attached hydrogens (tertiary/aromatic N) is 2. The van der Waals surface area contributed by atoms with E-state index in [4.69, 9.17) is 0 Å². The fraction of sp³-hybridized carbons (Fsp3) is 0.621. The summed E-state index contributed by atoms with van der Waals surface area (Å²) in [6, 6.07) is 4.43. The number of ketones is 1. The van der Waals surface area contributed by atoms with Gasteiger partial charge < -0.3 is 15.5 Å². The summed E-state index contributed by atoms with van der Waals surface area (Å²) in [5.41, 5.74) is 0.677. The Morgan fingerprint density at radius 1 is 1.14 bits per heavy atom. The quantitative estimate of drug-likeness (QED) is 0.326. The molecule has 3 amide bonds. The predicted octanol–water partition coefficient (Wildman–Crippen LogP) is 2.33. The number of piperidine rings is 1. The summed E-state index contributed by atoms with van der Waals surface area (Å²) in [5, 5.41) is 5.94. The molecule has 0 radical (unpaired) electrons. The van der Waals surface area contributed by atoms with Gasteiger partial charge in [-0.2, -0.15) is 0 Å². The number of hydrogen-bond acceptors (Lipinski definition) is 8. The molecule has 0 bridgehead atoms. The Kier molecular flexibility index (Phi) is 10.0. The molecule has 0 aliphatic carbocycles. The number of nitrogens with one attached hydrogen (secondary N) is 3. The molecule has 2 fully saturated rings. The number of carbonyl (C=O) groups is 4. The maximum atomic E-state index is 14.0. The first kappa shape index (κ1) is 32.0. The molecule has 1 aromatic carbocycles. The van der Waals surface area contributed by atoms with E-state index in [1.54, 1.807) is 13.8 Å². The lowest BCUT2D eigenvalue weighted by Crippen LogP contribution is -2.61. The minimum atomic E-state index is -3.69. The molecule has 3 heterocycles. The second kappa shape index (κ2) is 13.2. The maximum Gasteiger partial charge on any atom is 0.243 e. The van der Waals surface area contributed by atoms with Crippen LogP contribution < -0.4 is 15.4 Å². The van der Waals surface area contributed by atoms with Gasteiger partial charge in [-0.25, -0.2) is 18.1 Å². The van der Waals surface area contributed by atoms with Gasteiger partial charge in [0.25, 0.3) is 0 Å². The summed E-state index contributed by atoms with van der Waals surface area (Å²) in [4.78, 5) is 60.0. The van der Waals surface area contributed by atoms with Crippen LogP contribution in [0.3, 0.4) is 0 Å². The van der Waals surface area contributed by atoms with Gasteiger partial charge in [-0.1, -0.05) is 39.8 Å². The van der Waals surface area contributed by atoms with E-state index in [-0.39, 0.29) is 47.4 Å². The van der Waals surface area contributed by atoms with Crippen LogP contribution in [0, 0.1) is 23.7 Å². The highest BCUT2D eigenvalue weighted by Gasteiger charge is 2.42. The summed E-state index contributed by atoms with van der Waals surface area (Å²) in [7, 11) is -3.69. The number of carbonyl (C=O) groups excluding carboxylic acids is 4. The average molecular weight is 620 g/mol. The summed E-state index contributed by atoms with van der Waals surface area (Å²) in [6.45, 7) is 8.42. The number of sulfonamides is 1. The van der Waals surface area contributed by atoms with Crippen molar-refractivity contribution in [2.45, 2.75) is 71.5 Å². The van der Waals surface area contributed by atoms with Gasteiger partial charge >= 0.3 is 0 Å². The Morgan fingerprint density at radius 2 is 1.86 bits per heavy atom. The SMILES string of the molecule is CC(C)C1CCN(C(=O)[C@@H](NS(C)(=O)=O)C(C)C)C(C(=O)N[C@@H](C[C@@H]2CCNC2=O)C(=O)c2nc3ccccc3s2)C1. The molecule has 13 heteroatoms. The van der Waals surface area contributed by atoms with Gasteiger partial charge in [0.2, 0.25) is 33.5 Å². The minimum Gasteiger partial charge on any atom is -0.356 e. The molecule has 2 saturated heterocycles. The molecule has 2 aromatic rings. The van der Waals surface area contributed by atoms with Gasteiger partial charge in [0.05, 0.1) is 22.5 Å². The zero-order valence-corrected chi connectivity index (χ0v) is 26.4. The molecule has 4 rings (SSSR count). The van der Waals surface area contributed by atoms with Gasteiger partial charge in [-0.05, 0) is 55.6 Å². The Balaban J connectivity index is 1.63. The van der Waals surface area contributed by atoms with Crippen molar-refractivity contribution in [3.05, 3.63) is 29.3 Å². The Labute approximate surface area is 251 Å². The van der Waals surface area contributed by atoms with E-state index in [0.29, 0.717) is 31.3 Å². The second-order valence-corrected chi connectivity index (χ2v) is 14.9. The third-order valence-corrected chi connectivity index (χ3v) is 10.00. The van der Waals surface area contributed by atoms with E-state index in [1.165, 1.54) is 16.2 Å². The first-order valence-corrected chi connectivity index (χ1v) is 17.2. The van der Waals surface area contributed by atoms with E-state index < -0.39 is 45.9 Å². The molecule has 0 saturated carbocycles. The molecule has 5 atom stereocenters. The standard InChI is InChI=1S/C29H41N5O6S2/c1-16(2)18-11-13-34(29(38)24(17(3)4)33-42(5,39)40)22(15-18)27(37)31-21(14-19-10-12-30-26(19)36)25(35)28-32-20-8-6-7-9-23(20)41-28/h6-9,16-19,21-22,24,33H,10-15H2,1-5H3,(H,30,36)(H,31,37)/t18?,19-,21-,22?,24-/m0/s1. The number of Topliss-reactive ketones (excluding diaryl/α,β-unsaturated/α-hetero) is 1. The number of para-hydroxylation sites is 1. The van der Waals surface area contributed by atoms with Crippen LogP contribution in [0.5, 0.6) is 0 Å². The summed E-state index contributed by atoms with van der Waals surface area (Å²) >= 11 is 1.24. The number of hydrogen-bond donors (Lipinski definition) is 3. The zero-order chi connectivity index (χ0) is 30.8. The number of fused-ring (bicyclic) bond motifs is 1. The van der Waals surface area contributed by atoms with Crippen LogP contribution in [-0.2, 0) is 24.4 Å². The lowest BCUT2D eigenvalue weighted by Gasteiger charge is -2.42. The third kappa shape index (κ3) is 7.54. The molecular weight excluding hydrogens is 578 g/mol. The minimum absolute atomic E-state index is 0.116. The number of thiazole rings is 1. The van der Waals surface area contributed by atoms with Gasteiger partial charge in [0, 0.05) is 19.0 Å². The largest absolute Gasteiger partial charge is 0.356 e. The summed E-state index contributed by atoms with van der Waals surface area (Å²) in [6.07, 6.45) is 2.72. The molecule has 230 valence electrons. The Hall–Kier alpha value is -2.90. The molecule has 2 unspecified atom stereocenters. The van der Waals surface area contributed by atoms with Gasteiger partial charge in [0.1, 0.15) is 12.1 Å². The van der Waals surface area contributed by atoms with E-state index >= 15 is 0 Å². The molecule has 1 aromatic heterocycles. The molecule has 2 aliphatic rings. The first-order chi connectivity index (χ1) is 19.7. The topological polar surface area (TPSA) is 155 Å². The number of likely N-dealkylation sites (tertiary alicyclic amines) is 1. The average Bonchev–Trinajstić information content (AvgIpc) is 3.55. The number of amides is 3. The number of rotatable bonds is 11. The lowest BCUT2D eigenvalue weighted by molar-refractivity contribution is -0.146. The molecule has 42 heavy (non-hydrogen) atoms. The molecule has 2 aliphatic heterocycles. The normalized spacial score (nSPS) is 22.8. The fourth-order valence-electron chi connectivity index (χ4n) is 5.77. The summed E-state index contributed by atoms with van der Waals surface area (Å²) in [5.74, 6) is -1.88. The highest BCUT2D eigenvalue weighted by Crippen LogP contribution is 2.31. The van der Waals surface area contributed by atoms with Crippen LogP contribution in [0.4, 0.5) is 0 Å². The first-order valence-electron chi connectivity index (χ1n) is 14.5. The van der Waals surface area contributed by atoms with Crippen molar-refractivity contribution < 1.29 is 27.6 Å². The smallest absolute Gasteiger partial charge is 0.243 e. The highest BCUT2D eigenvalue weighted by atomic mass is 32.2. The van der Waals surface area contributed by atoms with E-state index in [0.717, 1.165) is 11.0 Å². The van der Waals surface area contributed by atoms with Crippen molar-refractivity contribution in [1.82, 2.24) is 25.2 Å². The molecule has 3 N–H and O–H groups in total. The van der Waals surface area contributed by atoms with Gasteiger partial charge in [0.15, 0.2) is 5.01 Å². The van der Waals surface area contributed by atoms with Gasteiger partial charge in [-0.15, -0.1) is 11.3 Å². The molecular formula is C29H41N5O6S2. The Bertz CT molecular complexity index is 1410. The third-order valence-electron chi connectivity index (χ3n) is 8.27. The van der Waals surface area contributed by atoms with Crippen LogP contribution in [0.25, 0.3) is 10.2 Å². The van der Waals surface area contributed by atoms with Crippen molar-refractivity contribution in [3.63, 3.8) is 0 Å². The molecule has 11 nitrogen and oxygen atoms in total. The van der Waals surface area contributed by atoms with E-state index in [2.05, 4.69) is 34.2 Å². The van der Waals surface area contributed by atoms with Crippen molar-refractivity contribution in [2.75, 3.05) is 19.3 Å². The maximum absolute atomic E-state index is 14.0. The number of benzene rings is 1. The van der Waals surface area contributed by atoms with Crippen LogP contribution in [-0.4, -0.2) is 79.3 Å². The monoisotopic (exact) mass is 619 g/mol. The van der Waals surface area contributed by atoms with Crippen molar-refractivity contribution in [1.29, 1.82) is 0 Å². The van der Waals surface area contributed by atoms with Gasteiger partial charge in [-0.3, -0.25) is 19.2 Å². The zero-order valence-electron chi connectivity index (χ0n) is 24.8. The van der Waals surface area contributed by atoms with Crippen LogP contribution in [0.2, 0.25) is 0 Å². The lowest BCUT2D eigenvalue weighted by atomic mass is 9.82. The van der Waals surface area contributed by atoms with Crippen LogP contribution in [0.1, 0.15) is 63.2 Å². The van der Waals surface area contributed by atoms with E-state index in [9.17, 15) is 27.6 Å². The highest BCUT2D eigenvalue weighted by molar-refractivity contribution is 7.88. The molecule has 0 spiro atoms. The van der Waals surface area contributed by atoms with Crippen LogP contribution in [0.15, 0.2) is 24.3 Å². The van der Waals surface area contributed by atoms with E-state index in [1.807, 2.05) is 24.3 Å². The predicted molar refractivity (Wildman–Crippen MR) is 161 cm³/mol. The Morgan fingerprint density at radius 3 is 2.45 bits per heavy atom. The van der Waals surface area contributed by atoms with Crippen molar-refractivity contribution >= 4 is 55.1 Å². The fourth-order valence-corrected chi connectivity index (χ4v) is 7.57. The summed E-state index contributed by atoms with van der Waals surface area (Å²) < 4.78 is 27.4. The second-order valence-electron chi connectivity index (χ2n) is 12.1. The number of aromatic nitrogens is 1. The van der Waals surface area contributed by atoms with Crippen molar-refractivity contribution in [2.24, 2.45) is 23.7 Å².